The molecule has 2 aromatic rings. The van der Waals surface area contributed by atoms with E-state index in [0.29, 0.717) is 44.5 Å². The lowest BCUT2D eigenvalue weighted by Crippen LogP contribution is -2.54. The Balaban J connectivity index is 1.85. The van der Waals surface area contributed by atoms with Crippen LogP contribution in [0.25, 0.3) is 11.1 Å². The Bertz CT molecular complexity index is 921. The minimum absolute atomic E-state index is 0.0420. The molecule has 168 valence electrons. The molecule has 4 nitrogen and oxygen atoms in total. The zero-order valence-corrected chi connectivity index (χ0v) is 18.4. The molecule has 3 rings (SSSR count). The normalized spacial score (nSPS) is 17.2. The van der Waals surface area contributed by atoms with E-state index in [1.54, 1.807) is 13.0 Å². The summed E-state index contributed by atoms with van der Waals surface area (Å²) >= 11 is 0. The predicted octanol–water partition coefficient (Wildman–Crippen LogP) is 4.64. The van der Waals surface area contributed by atoms with Crippen molar-refractivity contribution in [1.29, 1.82) is 0 Å². The third-order valence-corrected chi connectivity index (χ3v) is 5.91. The third-order valence-electron chi connectivity index (χ3n) is 5.91. The van der Waals surface area contributed by atoms with Gasteiger partial charge < -0.3 is 15.2 Å². The molecule has 1 aliphatic rings. The molecule has 0 saturated carbocycles. The van der Waals surface area contributed by atoms with Crippen LogP contribution < -0.4 is 5.32 Å². The molecule has 1 amide bonds. The van der Waals surface area contributed by atoms with Gasteiger partial charge in [0.2, 0.25) is 5.91 Å². The van der Waals surface area contributed by atoms with Gasteiger partial charge >= 0.3 is 0 Å². The van der Waals surface area contributed by atoms with Gasteiger partial charge in [0, 0.05) is 18.8 Å². The Morgan fingerprint density at radius 3 is 2.45 bits per heavy atom. The van der Waals surface area contributed by atoms with E-state index in [4.69, 9.17) is 4.74 Å². The number of carbonyl (C=O) groups is 1. The van der Waals surface area contributed by atoms with E-state index < -0.39 is 28.7 Å². The first-order valence-corrected chi connectivity index (χ1v) is 10.7. The van der Waals surface area contributed by atoms with Gasteiger partial charge in [-0.1, -0.05) is 30.3 Å². The van der Waals surface area contributed by atoms with E-state index >= 15 is 0 Å². The molecule has 0 radical (unpaired) electrons. The third kappa shape index (κ3) is 5.89. The summed E-state index contributed by atoms with van der Waals surface area (Å²) in [7, 11) is 0. The van der Waals surface area contributed by atoms with Crippen LogP contribution in [-0.2, 0) is 16.0 Å². The summed E-state index contributed by atoms with van der Waals surface area (Å²) < 4.78 is 32.5. The van der Waals surface area contributed by atoms with Crippen LogP contribution in [0.3, 0.4) is 0 Å². The van der Waals surface area contributed by atoms with Crippen molar-refractivity contribution in [2.45, 2.75) is 58.1 Å². The Labute approximate surface area is 182 Å². The van der Waals surface area contributed by atoms with Crippen LogP contribution in [0.1, 0.15) is 45.6 Å². The first kappa shape index (κ1) is 23.4. The molecule has 0 unspecified atom stereocenters. The van der Waals surface area contributed by atoms with Crippen molar-refractivity contribution in [1.82, 2.24) is 5.32 Å². The van der Waals surface area contributed by atoms with Gasteiger partial charge in [0.05, 0.1) is 11.5 Å². The van der Waals surface area contributed by atoms with Gasteiger partial charge in [-0.3, -0.25) is 4.79 Å². The van der Waals surface area contributed by atoms with E-state index in [9.17, 15) is 18.7 Å². The zero-order chi connectivity index (χ0) is 22.6. The van der Waals surface area contributed by atoms with E-state index in [0.717, 1.165) is 17.2 Å². The highest BCUT2D eigenvalue weighted by molar-refractivity contribution is 5.84. The molecule has 1 aliphatic heterocycles. The highest BCUT2D eigenvalue weighted by atomic mass is 19.2. The van der Waals surface area contributed by atoms with Crippen LogP contribution in [0.4, 0.5) is 8.78 Å². The molecule has 2 N–H and O–H groups in total. The number of amides is 1. The minimum atomic E-state index is -0.886. The molecule has 6 heteroatoms. The molecule has 0 bridgehead atoms. The van der Waals surface area contributed by atoms with Gasteiger partial charge in [0.15, 0.2) is 11.6 Å². The number of hydrogen-bond donors (Lipinski definition) is 2. The molecule has 31 heavy (non-hydrogen) atoms. The monoisotopic (exact) mass is 431 g/mol. The summed E-state index contributed by atoms with van der Waals surface area (Å²) in [6, 6.07) is 11.5. The molecule has 2 aromatic carbocycles. The highest BCUT2D eigenvalue weighted by Crippen LogP contribution is 2.36. The predicted molar refractivity (Wildman–Crippen MR) is 117 cm³/mol. The Morgan fingerprint density at radius 1 is 1.13 bits per heavy atom. The summed E-state index contributed by atoms with van der Waals surface area (Å²) in [5.41, 5.74) is 1.15. The number of carbonyl (C=O) groups excluding carboxylic acids is 1. The van der Waals surface area contributed by atoms with E-state index in [1.165, 1.54) is 6.07 Å². The van der Waals surface area contributed by atoms with Crippen molar-refractivity contribution < 1.29 is 23.4 Å². The van der Waals surface area contributed by atoms with Crippen molar-refractivity contribution in [3.8, 4) is 11.1 Å². The zero-order valence-electron chi connectivity index (χ0n) is 18.4. The number of rotatable bonds is 7. The van der Waals surface area contributed by atoms with Crippen molar-refractivity contribution in [2.24, 2.45) is 5.41 Å². The fourth-order valence-electron chi connectivity index (χ4n) is 4.40. The second kappa shape index (κ2) is 9.45. The van der Waals surface area contributed by atoms with Gasteiger partial charge in [-0.15, -0.1) is 0 Å². The Morgan fingerprint density at radius 2 is 1.81 bits per heavy atom. The Hall–Kier alpha value is -2.31. The number of hydrogen-bond acceptors (Lipinski definition) is 3. The first-order valence-electron chi connectivity index (χ1n) is 10.7. The van der Waals surface area contributed by atoms with Crippen molar-refractivity contribution in [3.05, 3.63) is 59.7 Å². The van der Waals surface area contributed by atoms with Gasteiger partial charge in [-0.25, -0.2) is 8.78 Å². The summed E-state index contributed by atoms with van der Waals surface area (Å²) in [4.78, 5) is 13.4. The van der Waals surface area contributed by atoms with Crippen molar-refractivity contribution in [3.63, 3.8) is 0 Å². The van der Waals surface area contributed by atoms with E-state index in [1.807, 2.05) is 38.1 Å². The molecule has 1 atom stereocenters. The lowest BCUT2D eigenvalue weighted by molar-refractivity contribution is -0.138. The molecule has 1 heterocycles. The van der Waals surface area contributed by atoms with Gasteiger partial charge in [-0.2, -0.15) is 0 Å². The summed E-state index contributed by atoms with van der Waals surface area (Å²) in [6.07, 6.45) is 1.65. The lowest BCUT2D eigenvalue weighted by Gasteiger charge is -2.39. The quantitative estimate of drug-likeness (QED) is 0.672. The lowest BCUT2D eigenvalue weighted by atomic mass is 9.73. The maximum absolute atomic E-state index is 13.7. The van der Waals surface area contributed by atoms with E-state index in [2.05, 4.69) is 5.32 Å². The topological polar surface area (TPSA) is 58.6 Å². The maximum Gasteiger partial charge on any atom is 0.227 e. The highest BCUT2D eigenvalue weighted by Gasteiger charge is 2.42. The maximum atomic E-state index is 13.7. The standard InChI is InChI=1S/C25H31F2NO3/c1-17(29)15-24(2,3)28-23(30)25(9-11-31-12-10-25)16-18-5-4-6-19(13-18)20-7-8-21(26)22(27)14-20/h4-8,13-14,17,29H,9-12,15-16H2,1-3H3,(H,28,30)/t17-/m0/s1. The number of aliphatic hydroxyl groups excluding tert-OH is 1. The smallest absolute Gasteiger partial charge is 0.227 e. The van der Waals surface area contributed by atoms with Gasteiger partial charge in [-0.05, 0) is 75.3 Å². The van der Waals surface area contributed by atoms with Crippen LogP contribution in [0.5, 0.6) is 0 Å². The largest absolute Gasteiger partial charge is 0.393 e. The van der Waals surface area contributed by atoms with Gasteiger partial charge in [0.1, 0.15) is 0 Å². The van der Waals surface area contributed by atoms with Crippen molar-refractivity contribution in [2.75, 3.05) is 13.2 Å². The minimum Gasteiger partial charge on any atom is -0.393 e. The summed E-state index contributed by atoms with van der Waals surface area (Å²) in [6.45, 7) is 6.55. The van der Waals surface area contributed by atoms with Crippen LogP contribution in [-0.4, -0.2) is 35.9 Å². The SMILES string of the molecule is C[C@H](O)CC(C)(C)NC(=O)C1(Cc2cccc(-c3ccc(F)c(F)c3)c2)CCOCC1. The fraction of sp³-hybridized carbons (Fsp3) is 0.480. The van der Waals surface area contributed by atoms with Crippen LogP contribution in [0, 0.1) is 17.0 Å². The molecule has 0 spiro atoms. The molecule has 0 aromatic heterocycles. The average Bonchev–Trinajstić information content (AvgIpc) is 2.69. The Kier molecular flexibility index (Phi) is 7.12. The molecular weight excluding hydrogens is 400 g/mol. The fourth-order valence-corrected chi connectivity index (χ4v) is 4.40. The first-order chi connectivity index (χ1) is 14.6. The number of benzene rings is 2. The van der Waals surface area contributed by atoms with Crippen LogP contribution >= 0.6 is 0 Å². The number of nitrogens with one attached hydrogen (secondary N) is 1. The van der Waals surface area contributed by atoms with Crippen LogP contribution in [0.15, 0.2) is 42.5 Å². The summed E-state index contributed by atoms with van der Waals surface area (Å²) in [5.74, 6) is -1.80. The van der Waals surface area contributed by atoms with Gasteiger partial charge in [0.25, 0.3) is 0 Å². The number of halogens is 2. The van der Waals surface area contributed by atoms with Crippen molar-refractivity contribution >= 4 is 5.91 Å². The second-order valence-electron chi connectivity index (χ2n) is 9.29. The molecule has 0 aliphatic carbocycles. The molecular formula is C25H31F2NO3. The number of ether oxygens (including phenoxy) is 1. The molecule has 1 fully saturated rings. The van der Waals surface area contributed by atoms with E-state index in [-0.39, 0.29) is 5.91 Å². The number of aliphatic hydroxyl groups is 1. The summed E-state index contributed by atoms with van der Waals surface area (Å²) in [5, 5.41) is 12.9. The van der Waals surface area contributed by atoms with Crippen LogP contribution in [0.2, 0.25) is 0 Å². The molecule has 1 saturated heterocycles. The average molecular weight is 432 g/mol. The second-order valence-corrected chi connectivity index (χ2v) is 9.29.